The minimum Gasteiger partial charge on any atom is -0.497 e. The molecule has 1 aromatic carbocycles. The first-order chi connectivity index (χ1) is 12.7. The number of benzene rings is 1. The van der Waals surface area contributed by atoms with Gasteiger partial charge in [0, 0.05) is 30.2 Å². The Labute approximate surface area is 155 Å². The Balaban J connectivity index is 1.78. The molecule has 0 saturated heterocycles. The largest absolute Gasteiger partial charge is 0.497 e. The minimum absolute atomic E-state index is 0.312. The minimum atomic E-state index is -0.313. The lowest BCUT2D eigenvalue weighted by molar-refractivity contribution is 0.257. The van der Waals surface area contributed by atoms with Gasteiger partial charge in [-0.3, -0.25) is 9.88 Å². The van der Waals surface area contributed by atoms with E-state index in [2.05, 4.69) is 27.1 Å². The molecule has 1 N–H and O–H groups in total. The zero-order chi connectivity index (χ0) is 18.4. The highest BCUT2D eigenvalue weighted by Crippen LogP contribution is 2.28. The number of ether oxygens (including phenoxy) is 1. The van der Waals surface area contributed by atoms with Gasteiger partial charge in [0.1, 0.15) is 10.8 Å². The average Bonchev–Trinajstić information content (AvgIpc) is 3.17. The number of amides is 2. The fraction of sp³-hybridized carbons (Fsp3) is 0.111. The molecule has 0 aliphatic rings. The van der Waals surface area contributed by atoms with Crippen LogP contribution in [0.25, 0.3) is 10.6 Å². The summed E-state index contributed by atoms with van der Waals surface area (Å²) in [5, 5.41) is 12.4. The first-order valence-electron chi connectivity index (χ1n) is 7.78. The number of anilines is 2. The molecule has 0 saturated carbocycles. The van der Waals surface area contributed by atoms with Crippen molar-refractivity contribution in [2.24, 2.45) is 0 Å². The van der Waals surface area contributed by atoms with Crippen LogP contribution in [-0.4, -0.2) is 34.9 Å². The van der Waals surface area contributed by atoms with E-state index >= 15 is 0 Å². The van der Waals surface area contributed by atoms with Gasteiger partial charge in [0.05, 0.1) is 7.11 Å². The lowest BCUT2D eigenvalue weighted by atomic mass is 10.3. The second kappa shape index (κ2) is 8.21. The van der Waals surface area contributed by atoms with Crippen LogP contribution < -0.4 is 15.0 Å². The number of carbonyl (C=O) groups excluding carboxylic acids is 1. The Morgan fingerprint density at radius 3 is 2.62 bits per heavy atom. The number of pyridine rings is 1. The highest BCUT2D eigenvalue weighted by molar-refractivity contribution is 7.18. The maximum Gasteiger partial charge on any atom is 0.328 e. The quantitative estimate of drug-likeness (QED) is 0.670. The van der Waals surface area contributed by atoms with E-state index in [4.69, 9.17) is 4.74 Å². The van der Waals surface area contributed by atoms with Gasteiger partial charge < -0.3 is 10.1 Å². The molecule has 2 aromatic heterocycles. The zero-order valence-electron chi connectivity index (χ0n) is 14.1. The number of aromatic nitrogens is 3. The van der Waals surface area contributed by atoms with Gasteiger partial charge in [0.15, 0.2) is 0 Å². The Hall–Kier alpha value is -3.26. The van der Waals surface area contributed by atoms with E-state index in [9.17, 15) is 4.79 Å². The fourth-order valence-corrected chi connectivity index (χ4v) is 3.04. The van der Waals surface area contributed by atoms with Crippen LogP contribution in [0.2, 0.25) is 0 Å². The third-order valence-corrected chi connectivity index (χ3v) is 4.47. The zero-order valence-corrected chi connectivity index (χ0v) is 14.9. The monoisotopic (exact) mass is 367 g/mol. The van der Waals surface area contributed by atoms with Gasteiger partial charge in [0.2, 0.25) is 5.13 Å². The van der Waals surface area contributed by atoms with Crippen LogP contribution in [0.1, 0.15) is 0 Å². The molecular formula is C18H17N5O2S. The second-order valence-electron chi connectivity index (χ2n) is 5.18. The number of nitrogens with zero attached hydrogens (tertiary/aromatic N) is 4. The van der Waals surface area contributed by atoms with Crippen molar-refractivity contribution in [1.29, 1.82) is 0 Å². The summed E-state index contributed by atoms with van der Waals surface area (Å²) in [6.45, 7) is 4.03. The smallest absolute Gasteiger partial charge is 0.328 e. The van der Waals surface area contributed by atoms with Gasteiger partial charge in [-0.15, -0.1) is 16.8 Å². The SMILES string of the molecule is C=CCN(C(=O)Nc1ccc(OC)cc1)c1nnc(-c2ccncc2)s1. The Morgan fingerprint density at radius 2 is 1.96 bits per heavy atom. The first-order valence-corrected chi connectivity index (χ1v) is 8.60. The van der Waals surface area contributed by atoms with E-state index in [-0.39, 0.29) is 6.03 Å². The maximum atomic E-state index is 12.7. The number of hydrogen-bond acceptors (Lipinski definition) is 6. The summed E-state index contributed by atoms with van der Waals surface area (Å²) < 4.78 is 5.12. The van der Waals surface area contributed by atoms with E-state index in [0.29, 0.717) is 22.4 Å². The van der Waals surface area contributed by atoms with Crippen molar-refractivity contribution in [2.75, 3.05) is 23.9 Å². The summed E-state index contributed by atoms with van der Waals surface area (Å²) in [6.07, 6.45) is 5.02. The van der Waals surface area contributed by atoms with E-state index in [1.54, 1.807) is 49.8 Å². The lowest BCUT2D eigenvalue weighted by Gasteiger charge is -2.18. The molecule has 0 aliphatic heterocycles. The van der Waals surface area contributed by atoms with Crippen LogP contribution in [0.5, 0.6) is 5.75 Å². The fourth-order valence-electron chi connectivity index (χ4n) is 2.18. The van der Waals surface area contributed by atoms with E-state index in [1.807, 2.05) is 12.1 Å². The van der Waals surface area contributed by atoms with Gasteiger partial charge in [-0.05, 0) is 36.4 Å². The first kappa shape index (κ1) is 17.6. The molecule has 3 aromatic rings. The predicted molar refractivity (Wildman–Crippen MR) is 103 cm³/mol. The van der Waals surface area contributed by atoms with Crippen LogP contribution in [-0.2, 0) is 0 Å². The summed E-state index contributed by atoms with van der Waals surface area (Å²) in [4.78, 5) is 18.1. The molecule has 0 bridgehead atoms. The summed E-state index contributed by atoms with van der Waals surface area (Å²) in [6, 6.07) is 10.5. The molecule has 0 spiro atoms. The Kier molecular flexibility index (Phi) is 5.55. The Morgan fingerprint density at radius 1 is 1.23 bits per heavy atom. The standard InChI is InChI=1S/C18H17N5O2S/c1-3-12-23(17(24)20-14-4-6-15(25-2)7-5-14)18-22-21-16(26-18)13-8-10-19-11-9-13/h3-11H,1,12H2,2H3,(H,20,24). The molecule has 2 heterocycles. The van der Waals surface area contributed by atoms with Gasteiger partial charge in [-0.2, -0.15) is 0 Å². The molecule has 3 rings (SSSR count). The van der Waals surface area contributed by atoms with Crippen molar-refractivity contribution in [3.63, 3.8) is 0 Å². The number of rotatable bonds is 6. The number of urea groups is 1. The van der Waals surface area contributed by atoms with Crippen LogP contribution in [0.4, 0.5) is 15.6 Å². The second-order valence-corrected chi connectivity index (χ2v) is 6.14. The van der Waals surface area contributed by atoms with Crippen LogP contribution >= 0.6 is 11.3 Å². The molecule has 0 aliphatic carbocycles. The van der Waals surface area contributed by atoms with Gasteiger partial charge >= 0.3 is 6.03 Å². The molecule has 0 radical (unpaired) electrons. The lowest BCUT2D eigenvalue weighted by Crippen LogP contribution is -2.35. The van der Waals surface area contributed by atoms with Crippen LogP contribution in [0, 0.1) is 0 Å². The molecular weight excluding hydrogens is 350 g/mol. The van der Waals surface area contributed by atoms with E-state index in [0.717, 1.165) is 11.3 Å². The van der Waals surface area contributed by atoms with E-state index < -0.39 is 0 Å². The summed E-state index contributed by atoms with van der Waals surface area (Å²) >= 11 is 1.33. The van der Waals surface area contributed by atoms with Gasteiger partial charge in [0.25, 0.3) is 0 Å². The third kappa shape index (κ3) is 4.04. The molecule has 7 nitrogen and oxygen atoms in total. The number of hydrogen-bond donors (Lipinski definition) is 1. The van der Waals surface area contributed by atoms with Gasteiger partial charge in [-0.1, -0.05) is 17.4 Å². The summed E-state index contributed by atoms with van der Waals surface area (Å²) in [5.41, 5.74) is 1.56. The number of methoxy groups -OCH3 is 1. The molecule has 132 valence electrons. The number of carbonyl (C=O) groups is 1. The summed E-state index contributed by atoms with van der Waals surface area (Å²) in [7, 11) is 1.59. The molecule has 26 heavy (non-hydrogen) atoms. The van der Waals surface area contributed by atoms with Crippen molar-refractivity contribution in [3.05, 3.63) is 61.4 Å². The highest BCUT2D eigenvalue weighted by Gasteiger charge is 2.19. The summed E-state index contributed by atoms with van der Waals surface area (Å²) in [5.74, 6) is 0.720. The Bertz CT molecular complexity index is 880. The van der Waals surface area contributed by atoms with E-state index in [1.165, 1.54) is 16.2 Å². The van der Waals surface area contributed by atoms with Crippen molar-refractivity contribution in [1.82, 2.24) is 15.2 Å². The van der Waals surface area contributed by atoms with Crippen LogP contribution in [0.3, 0.4) is 0 Å². The molecule has 0 unspecified atom stereocenters. The molecule has 2 amide bonds. The number of nitrogens with one attached hydrogen (secondary N) is 1. The van der Waals surface area contributed by atoms with Crippen molar-refractivity contribution < 1.29 is 9.53 Å². The molecule has 0 atom stereocenters. The normalized spacial score (nSPS) is 10.2. The van der Waals surface area contributed by atoms with Crippen molar-refractivity contribution in [3.8, 4) is 16.3 Å². The molecule has 0 fully saturated rings. The maximum absolute atomic E-state index is 12.7. The highest BCUT2D eigenvalue weighted by atomic mass is 32.1. The van der Waals surface area contributed by atoms with Crippen molar-refractivity contribution >= 4 is 28.2 Å². The van der Waals surface area contributed by atoms with Gasteiger partial charge in [-0.25, -0.2) is 4.79 Å². The molecule has 8 heteroatoms. The van der Waals surface area contributed by atoms with Crippen LogP contribution in [0.15, 0.2) is 61.4 Å². The van der Waals surface area contributed by atoms with Crippen molar-refractivity contribution in [2.45, 2.75) is 0 Å². The topological polar surface area (TPSA) is 80.2 Å². The third-order valence-electron chi connectivity index (χ3n) is 3.47. The predicted octanol–water partition coefficient (Wildman–Crippen LogP) is 3.83. The average molecular weight is 367 g/mol.